The first-order valence-corrected chi connectivity index (χ1v) is 8.29. The molecule has 1 fully saturated rings. The molecule has 1 atom stereocenters. The molecule has 5 heteroatoms. The summed E-state index contributed by atoms with van der Waals surface area (Å²) in [5, 5.41) is 14.6. The topological polar surface area (TPSA) is 68.4 Å². The van der Waals surface area contributed by atoms with Crippen LogP contribution in [0.25, 0.3) is 10.9 Å². The number of carbonyl (C=O) groups excluding carboxylic acids is 1. The van der Waals surface area contributed by atoms with Crippen molar-refractivity contribution in [2.45, 2.75) is 37.8 Å². The molecule has 1 unspecified atom stereocenters. The van der Waals surface area contributed by atoms with Gasteiger partial charge in [-0.05, 0) is 55.0 Å². The van der Waals surface area contributed by atoms with Gasteiger partial charge in [0.2, 0.25) is 5.91 Å². The molecule has 0 radical (unpaired) electrons. The lowest BCUT2D eigenvalue weighted by Crippen LogP contribution is -2.48. The summed E-state index contributed by atoms with van der Waals surface area (Å²) in [7, 11) is 1.64. The number of likely N-dealkylation sites (tertiary alicyclic amines) is 1. The van der Waals surface area contributed by atoms with E-state index in [-0.39, 0.29) is 5.91 Å². The lowest BCUT2D eigenvalue weighted by molar-refractivity contribution is -0.122. The van der Waals surface area contributed by atoms with E-state index < -0.39 is 5.60 Å². The van der Waals surface area contributed by atoms with Crippen molar-refractivity contribution in [2.24, 2.45) is 0 Å². The van der Waals surface area contributed by atoms with E-state index in [1.165, 1.54) is 10.9 Å². The summed E-state index contributed by atoms with van der Waals surface area (Å²) in [4.78, 5) is 16.9. The van der Waals surface area contributed by atoms with Gasteiger partial charge in [0.15, 0.2) is 0 Å². The third kappa shape index (κ3) is 3.92. The molecule has 0 bridgehead atoms. The van der Waals surface area contributed by atoms with Crippen LogP contribution in [-0.2, 0) is 11.3 Å². The number of rotatable bonds is 5. The summed E-state index contributed by atoms with van der Waals surface area (Å²) in [6.07, 6.45) is 4.61. The molecule has 3 rings (SSSR count). The molecule has 1 saturated heterocycles. The Morgan fingerprint density at radius 3 is 3.13 bits per heavy atom. The first-order chi connectivity index (χ1) is 11.1. The van der Waals surface area contributed by atoms with Gasteiger partial charge in [-0.25, -0.2) is 0 Å². The molecule has 23 heavy (non-hydrogen) atoms. The molecule has 1 aromatic carbocycles. The molecule has 3 N–H and O–H groups in total. The van der Waals surface area contributed by atoms with Gasteiger partial charge in [-0.2, -0.15) is 0 Å². The molecular weight excluding hydrogens is 290 g/mol. The maximum atomic E-state index is 11.4. The number of hydrogen-bond acceptors (Lipinski definition) is 3. The number of amides is 1. The van der Waals surface area contributed by atoms with Crippen LogP contribution in [0, 0.1) is 0 Å². The van der Waals surface area contributed by atoms with Crippen molar-refractivity contribution in [1.29, 1.82) is 0 Å². The van der Waals surface area contributed by atoms with E-state index in [2.05, 4.69) is 39.5 Å². The van der Waals surface area contributed by atoms with Crippen LogP contribution in [0.3, 0.4) is 0 Å². The minimum atomic E-state index is -0.747. The molecule has 1 amide bonds. The fourth-order valence-corrected chi connectivity index (χ4v) is 3.48. The minimum Gasteiger partial charge on any atom is -0.389 e. The zero-order chi connectivity index (χ0) is 16.3. The van der Waals surface area contributed by atoms with E-state index in [1.54, 1.807) is 7.05 Å². The number of aromatic nitrogens is 1. The fraction of sp³-hybridized carbons (Fsp3) is 0.500. The van der Waals surface area contributed by atoms with Crippen molar-refractivity contribution >= 4 is 16.8 Å². The number of benzene rings is 1. The number of hydrogen-bond donors (Lipinski definition) is 3. The molecule has 1 aliphatic rings. The van der Waals surface area contributed by atoms with Crippen LogP contribution in [-0.4, -0.2) is 46.6 Å². The molecule has 0 saturated carbocycles. The number of β-amino-alcohol motifs (C(OH)–C–C–N with tert-alkyl or cyclic N) is 1. The number of aromatic amines is 1. The van der Waals surface area contributed by atoms with Gasteiger partial charge in [-0.3, -0.25) is 9.69 Å². The molecule has 5 nitrogen and oxygen atoms in total. The highest BCUT2D eigenvalue weighted by Crippen LogP contribution is 2.27. The van der Waals surface area contributed by atoms with Crippen molar-refractivity contribution in [3.63, 3.8) is 0 Å². The lowest BCUT2D eigenvalue weighted by atomic mass is 9.88. The second kappa shape index (κ2) is 6.72. The predicted octanol–water partition coefficient (Wildman–Crippen LogP) is 2.02. The largest absolute Gasteiger partial charge is 0.389 e. The molecular formula is C18H25N3O2. The van der Waals surface area contributed by atoms with Crippen LogP contribution in [0.1, 0.15) is 31.2 Å². The average Bonchev–Trinajstić information content (AvgIpc) is 3.00. The highest BCUT2D eigenvalue weighted by molar-refractivity contribution is 5.79. The number of aliphatic hydroxyl groups is 1. The van der Waals surface area contributed by atoms with Crippen molar-refractivity contribution in [2.75, 3.05) is 20.1 Å². The Morgan fingerprint density at radius 1 is 1.43 bits per heavy atom. The number of piperidine rings is 1. The Bertz CT molecular complexity index is 682. The van der Waals surface area contributed by atoms with Crippen LogP contribution in [0.15, 0.2) is 30.5 Å². The number of nitrogens with zero attached hydrogens (tertiary/aromatic N) is 1. The van der Waals surface area contributed by atoms with E-state index in [4.69, 9.17) is 0 Å². The van der Waals surface area contributed by atoms with Crippen LogP contribution >= 0.6 is 0 Å². The van der Waals surface area contributed by atoms with E-state index in [0.717, 1.165) is 31.4 Å². The van der Waals surface area contributed by atoms with Gasteiger partial charge >= 0.3 is 0 Å². The zero-order valence-corrected chi connectivity index (χ0v) is 13.6. The Labute approximate surface area is 136 Å². The van der Waals surface area contributed by atoms with Gasteiger partial charge in [0.1, 0.15) is 0 Å². The molecule has 0 aliphatic carbocycles. The number of H-pyrrole nitrogens is 1. The van der Waals surface area contributed by atoms with Crippen LogP contribution in [0.2, 0.25) is 0 Å². The third-order valence-electron chi connectivity index (χ3n) is 4.75. The fourth-order valence-electron chi connectivity index (χ4n) is 3.48. The minimum absolute atomic E-state index is 0.00606. The van der Waals surface area contributed by atoms with Crippen LogP contribution < -0.4 is 5.32 Å². The maximum Gasteiger partial charge on any atom is 0.219 e. The monoisotopic (exact) mass is 315 g/mol. The summed E-state index contributed by atoms with van der Waals surface area (Å²) >= 11 is 0. The van der Waals surface area contributed by atoms with E-state index >= 15 is 0 Å². The molecule has 1 aliphatic heterocycles. The quantitative estimate of drug-likeness (QED) is 0.791. The smallest absolute Gasteiger partial charge is 0.219 e. The molecule has 124 valence electrons. The van der Waals surface area contributed by atoms with Gasteiger partial charge in [-0.1, -0.05) is 6.07 Å². The van der Waals surface area contributed by atoms with Crippen LogP contribution in [0.5, 0.6) is 0 Å². The number of fused-ring (bicyclic) bond motifs is 1. The van der Waals surface area contributed by atoms with Crippen molar-refractivity contribution in [3.8, 4) is 0 Å². The van der Waals surface area contributed by atoms with Gasteiger partial charge in [0, 0.05) is 38.3 Å². The Balaban J connectivity index is 1.62. The normalized spacial score (nSPS) is 22.3. The summed E-state index contributed by atoms with van der Waals surface area (Å²) in [6, 6.07) is 8.52. The van der Waals surface area contributed by atoms with Gasteiger partial charge in [0.25, 0.3) is 0 Å². The number of nitrogens with one attached hydrogen (secondary N) is 2. The summed E-state index contributed by atoms with van der Waals surface area (Å²) in [5.74, 6) is -0.00606. The van der Waals surface area contributed by atoms with Crippen molar-refractivity contribution in [1.82, 2.24) is 15.2 Å². The first-order valence-electron chi connectivity index (χ1n) is 8.29. The van der Waals surface area contributed by atoms with E-state index in [1.807, 2.05) is 6.20 Å². The van der Waals surface area contributed by atoms with E-state index in [0.29, 0.717) is 19.4 Å². The second-order valence-corrected chi connectivity index (χ2v) is 6.61. The van der Waals surface area contributed by atoms with Crippen molar-refractivity contribution in [3.05, 3.63) is 36.0 Å². The summed E-state index contributed by atoms with van der Waals surface area (Å²) in [5.41, 5.74) is 1.66. The predicted molar refractivity (Wildman–Crippen MR) is 91.1 cm³/mol. The maximum absolute atomic E-state index is 11.4. The molecule has 2 heterocycles. The standard InChI is InChI=1S/C18H25N3O2/c1-19-17(22)5-8-18(23)7-2-10-21(13-18)12-14-3-4-16-15(11-14)6-9-20-16/h3-4,6,9,11,20,23H,2,5,7-8,10,12-13H2,1H3,(H,19,22). The van der Waals surface area contributed by atoms with Gasteiger partial charge in [-0.15, -0.1) is 0 Å². The van der Waals surface area contributed by atoms with E-state index in [9.17, 15) is 9.90 Å². The Morgan fingerprint density at radius 2 is 2.30 bits per heavy atom. The van der Waals surface area contributed by atoms with Crippen LogP contribution in [0.4, 0.5) is 0 Å². The Kier molecular flexibility index (Phi) is 4.68. The average molecular weight is 315 g/mol. The molecule has 2 aromatic rings. The zero-order valence-electron chi connectivity index (χ0n) is 13.6. The first kappa shape index (κ1) is 16.0. The second-order valence-electron chi connectivity index (χ2n) is 6.61. The third-order valence-corrected chi connectivity index (χ3v) is 4.75. The van der Waals surface area contributed by atoms with Crippen molar-refractivity contribution < 1.29 is 9.90 Å². The number of carbonyl (C=O) groups is 1. The molecule has 0 spiro atoms. The molecule has 1 aromatic heterocycles. The summed E-state index contributed by atoms with van der Waals surface area (Å²) in [6.45, 7) is 2.46. The summed E-state index contributed by atoms with van der Waals surface area (Å²) < 4.78 is 0. The highest BCUT2D eigenvalue weighted by Gasteiger charge is 2.33. The van der Waals surface area contributed by atoms with Gasteiger partial charge < -0.3 is 15.4 Å². The SMILES string of the molecule is CNC(=O)CCC1(O)CCCN(Cc2ccc3[nH]ccc3c2)C1. The lowest BCUT2D eigenvalue weighted by Gasteiger charge is -2.39. The Hall–Kier alpha value is -1.85. The van der Waals surface area contributed by atoms with Gasteiger partial charge in [0.05, 0.1) is 5.60 Å². The highest BCUT2D eigenvalue weighted by atomic mass is 16.3.